The molecule has 0 spiro atoms. The third kappa shape index (κ3) is 3.73. The molecule has 0 heterocycles. The van der Waals surface area contributed by atoms with Gasteiger partial charge in [-0.3, -0.25) is 0 Å². The van der Waals surface area contributed by atoms with Crippen molar-refractivity contribution >= 4 is 17.4 Å². The molecule has 0 aliphatic rings. The highest BCUT2D eigenvalue weighted by molar-refractivity contribution is 5.71. The molecule has 0 aliphatic carbocycles. The van der Waals surface area contributed by atoms with E-state index < -0.39 is 0 Å². The fourth-order valence-corrected chi connectivity index (χ4v) is 1.44. The fourth-order valence-electron chi connectivity index (χ4n) is 1.44. The number of amidine groups is 1. The molecular weight excluding hydrogens is 230 g/mol. The average molecular weight is 250 g/mol. The summed E-state index contributed by atoms with van der Waals surface area (Å²) in [5.41, 5.74) is 4.39. The highest BCUT2D eigenvalue weighted by atomic mass is 16.7. The Morgan fingerprint density at radius 3 is 2.50 bits per heavy atom. The minimum atomic E-state index is 0.693. The normalized spacial score (nSPS) is 10.3. The summed E-state index contributed by atoms with van der Waals surface area (Å²) in [5, 5.41) is 7.79. The third-order valence-electron chi connectivity index (χ3n) is 2.13. The molecule has 1 aromatic carbocycles. The van der Waals surface area contributed by atoms with E-state index in [4.69, 9.17) is 4.84 Å². The maximum Gasteiger partial charge on any atom is 0.470 e. The summed E-state index contributed by atoms with van der Waals surface area (Å²) in [4.78, 5) is 7.43. The van der Waals surface area contributed by atoms with E-state index in [9.17, 15) is 0 Å². The fraction of sp³-hybridized carbons (Fsp3) is 0.417. The first-order chi connectivity index (χ1) is 8.56. The molecule has 0 bridgehead atoms. The van der Waals surface area contributed by atoms with Gasteiger partial charge in [0.25, 0.3) is 0 Å². The van der Waals surface area contributed by atoms with Crippen molar-refractivity contribution in [1.29, 1.82) is 0 Å². The van der Waals surface area contributed by atoms with Crippen molar-refractivity contribution < 1.29 is 9.41 Å². The lowest BCUT2D eigenvalue weighted by Gasteiger charge is -2.13. The van der Waals surface area contributed by atoms with E-state index in [1.165, 1.54) is 0 Å². The Morgan fingerprint density at radius 2 is 1.94 bits per heavy atom. The Morgan fingerprint density at radius 1 is 1.28 bits per heavy atom. The van der Waals surface area contributed by atoms with E-state index in [0.29, 0.717) is 6.02 Å². The SMILES string of the molecule is CN=Nc1ccccc1NOC(N(C)C)=[N+](C)C. The summed E-state index contributed by atoms with van der Waals surface area (Å²) in [7, 11) is 9.28. The van der Waals surface area contributed by atoms with Crippen LogP contribution in [0, 0.1) is 0 Å². The van der Waals surface area contributed by atoms with Crippen LogP contribution in [0.1, 0.15) is 0 Å². The number of hydrogen-bond donors (Lipinski definition) is 1. The van der Waals surface area contributed by atoms with Gasteiger partial charge in [-0.2, -0.15) is 10.2 Å². The molecule has 1 rings (SSSR count). The molecule has 6 heteroatoms. The minimum Gasteiger partial charge on any atom is -0.306 e. The molecule has 0 atom stereocenters. The molecule has 1 N–H and O–H groups in total. The lowest BCUT2D eigenvalue weighted by Crippen LogP contribution is -2.33. The van der Waals surface area contributed by atoms with Crippen LogP contribution < -0.4 is 5.48 Å². The molecule has 0 unspecified atom stereocenters. The van der Waals surface area contributed by atoms with E-state index in [1.807, 2.05) is 61.9 Å². The Labute approximate surface area is 108 Å². The summed E-state index contributed by atoms with van der Waals surface area (Å²) in [6, 6.07) is 8.25. The van der Waals surface area contributed by atoms with Crippen LogP contribution in [-0.2, 0) is 4.84 Å². The predicted octanol–water partition coefficient (Wildman–Crippen LogP) is 1.93. The molecule has 0 radical (unpaired) electrons. The molecule has 98 valence electrons. The van der Waals surface area contributed by atoms with Crippen LogP contribution in [0.2, 0.25) is 0 Å². The molecule has 18 heavy (non-hydrogen) atoms. The summed E-state index contributed by atoms with van der Waals surface area (Å²) in [6.45, 7) is 0. The number of benzene rings is 1. The lowest BCUT2D eigenvalue weighted by molar-refractivity contribution is -0.480. The van der Waals surface area contributed by atoms with Crippen molar-refractivity contribution in [2.45, 2.75) is 0 Å². The van der Waals surface area contributed by atoms with Crippen molar-refractivity contribution in [3.05, 3.63) is 24.3 Å². The van der Waals surface area contributed by atoms with Gasteiger partial charge >= 0.3 is 6.02 Å². The van der Waals surface area contributed by atoms with Gasteiger partial charge in [0.15, 0.2) is 0 Å². The lowest BCUT2D eigenvalue weighted by atomic mass is 10.3. The van der Waals surface area contributed by atoms with Crippen LogP contribution in [0.4, 0.5) is 11.4 Å². The second kappa shape index (κ2) is 6.58. The summed E-state index contributed by atoms with van der Waals surface area (Å²) < 4.78 is 1.87. The highest BCUT2D eigenvalue weighted by Crippen LogP contribution is 2.24. The zero-order valence-electron chi connectivity index (χ0n) is 11.5. The smallest absolute Gasteiger partial charge is 0.306 e. The largest absolute Gasteiger partial charge is 0.470 e. The Balaban J connectivity index is 2.83. The quantitative estimate of drug-likeness (QED) is 0.293. The van der Waals surface area contributed by atoms with E-state index in [-0.39, 0.29) is 0 Å². The number of nitrogens with one attached hydrogen (secondary N) is 1. The molecule has 1 aromatic rings. The minimum absolute atomic E-state index is 0.693. The van der Waals surface area contributed by atoms with Gasteiger partial charge in [0, 0.05) is 7.05 Å². The van der Waals surface area contributed by atoms with Crippen molar-refractivity contribution in [3.8, 4) is 0 Å². The van der Waals surface area contributed by atoms with Gasteiger partial charge in [-0.25, -0.2) is 15.0 Å². The van der Waals surface area contributed by atoms with Crippen molar-refractivity contribution in [2.75, 3.05) is 40.7 Å². The van der Waals surface area contributed by atoms with Gasteiger partial charge in [0.2, 0.25) is 0 Å². The molecular formula is C12H20N5O+. The van der Waals surface area contributed by atoms with Gasteiger partial charge in [-0.1, -0.05) is 12.1 Å². The van der Waals surface area contributed by atoms with Crippen LogP contribution in [-0.4, -0.2) is 50.7 Å². The average Bonchev–Trinajstić information content (AvgIpc) is 2.31. The zero-order valence-corrected chi connectivity index (χ0v) is 11.5. The topological polar surface area (TPSA) is 52.2 Å². The molecule has 0 saturated carbocycles. The standard InChI is InChI=1S/C12H20N5O/c1-13-14-10-8-6-7-9-11(10)15-18-12(16(2)3)17(4)5/h6-9,15H,1-5H3/q+1. The molecule has 0 amide bonds. The molecule has 0 aliphatic heterocycles. The van der Waals surface area contributed by atoms with E-state index in [2.05, 4.69) is 15.7 Å². The van der Waals surface area contributed by atoms with E-state index >= 15 is 0 Å². The first kappa shape index (κ1) is 14.0. The Hall–Kier alpha value is -2.11. The monoisotopic (exact) mass is 250 g/mol. The van der Waals surface area contributed by atoms with Crippen molar-refractivity contribution in [1.82, 2.24) is 4.90 Å². The van der Waals surface area contributed by atoms with Crippen LogP contribution in [0.25, 0.3) is 0 Å². The zero-order chi connectivity index (χ0) is 13.5. The summed E-state index contributed by atoms with van der Waals surface area (Å²) in [6.07, 6.45) is 0. The number of rotatable bonds is 3. The second-order valence-electron chi connectivity index (χ2n) is 4.09. The van der Waals surface area contributed by atoms with Crippen LogP contribution in [0.15, 0.2) is 34.5 Å². The van der Waals surface area contributed by atoms with Gasteiger partial charge in [-0.05, 0) is 12.1 Å². The maximum atomic E-state index is 5.55. The van der Waals surface area contributed by atoms with Crippen LogP contribution in [0.5, 0.6) is 0 Å². The van der Waals surface area contributed by atoms with Gasteiger partial charge in [0.05, 0.1) is 33.9 Å². The maximum absolute atomic E-state index is 5.55. The molecule has 0 aromatic heterocycles. The second-order valence-corrected chi connectivity index (χ2v) is 4.09. The Kier molecular flexibility index (Phi) is 5.10. The van der Waals surface area contributed by atoms with Gasteiger partial charge < -0.3 is 4.84 Å². The van der Waals surface area contributed by atoms with Crippen LogP contribution in [0.3, 0.4) is 0 Å². The summed E-state index contributed by atoms with van der Waals surface area (Å²) in [5.74, 6) is 0. The summed E-state index contributed by atoms with van der Waals surface area (Å²) >= 11 is 0. The van der Waals surface area contributed by atoms with E-state index in [1.54, 1.807) is 7.05 Å². The highest BCUT2D eigenvalue weighted by Gasteiger charge is 2.14. The molecule has 6 nitrogen and oxygen atoms in total. The Bertz CT molecular complexity index is 450. The third-order valence-corrected chi connectivity index (χ3v) is 2.13. The first-order valence-electron chi connectivity index (χ1n) is 5.59. The van der Waals surface area contributed by atoms with Crippen LogP contribution >= 0.6 is 0 Å². The molecule has 0 saturated heterocycles. The molecule has 0 fully saturated rings. The number of hydrogen-bond acceptors (Lipinski definition) is 4. The number of para-hydroxylation sites is 1. The van der Waals surface area contributed by atoms with E-state index in [0.717, 1.165) is 11.4 Å². The first-order valence-corrected chi connectivity index (χ1v) is 5.59. The predicted molar refractivity (Wildman–Crippen MR) is 72.4 cm³/mol. The van der Waals surface area contributed by atoms with Crippen molar-refractivity contribution in [3.63, 3.8) is 0 Å². The number of nitrogens with zero attached hydrogens (tertiary/aromatic N) is 4. The number of anilines is 1. The van der Waals surface area contributed by atoms with Gasteiger partial charge in [0.1, 0.15) is 5.69 Å². The number of azo groups is 1. The van der Waals surface area contributed by atoms with Gasteiger partial charge in [-0.15, -0.1) is 0 Å². The van der Waals surface area contributed by atoms with Crippen molar-refractivity contribution in [2.24, 2.45) is 10.2 Å².